The molecule has 0 aromatic carbocycles. The highest BCUT2D eigenvalue weighted by Gasteiger charge is 2.36. The molecule has 3 heteroatoms. The minimum Gasteiger partial charge on any atom is -0.350 e. The largest absolute Gasteiger partial charge is 0.350 e. The van der Waals surface area contributed by atoms with Gasteiger partial charge in [-0.15, -0.1) is 0 Å². The monoisotopic (exact) mass is 329 g/mol. The summed E-state index contributed by atoms with van der Waals surface area (Å²) >= 11 is 3.64. The minimum atomic E-state index is 0.0376. The lowest BCUT2D eigenvalue weighted by atomic mass is 9.78. The van der Waals surface area contributed by atoms with E-state index in [4.69, 9.17) is 0 Å². The van der Waals surface area contributed by atoms with Crippen LogP contribution in [0.15, 0.2) is 0 Å². The maximum atomic E-state index is 12.5. The summed E-state index contributed by atoms with van der Waals surface area (Å²) in [5.74, 6) is 1.43. The molecule has 19 heavy (non-hydrogen) atoms. The summed E-state index contributed by atoms with van der Waals surface area (Å²) in [4.78, 5) is 12.5. The van der Waals surface area contributed by atoms with E-state index < -0.39 is 0 Å². The maximum Gasteiger partial charge on any atom is 0.223 e. The van der Waals surface area contributed by atoms with Gasteiger partial charge in [0.15, 0.2) is 0 Å². The zero-order valence-electron chi connectivity index (χ0n) is 12.2. The molecule has 2 rings (SSSR count). The first-order chi connectivity index (χ1) is 9.15. The van der Waals surface area contributed by atoms with Crippen LogP contribution in [0.3, 0.4) is 0 Å². The number of carbonyl (C=O) groups excluding carboxylic acids is 1. The van der Waals surface area contributed by atoms with Crippen molar-refractivity contribution in [3.05, 3.63) is 0 Å². The van der Waals surface area contributed by atoms with Crippen LogP contribution in [0.4, 0.5) is 0 Å². The van der Waals surface area contributed by atoms with Crippen LogP contribution in [0.5, 0.6) is 0 Å². The second kappa shape index (κ2) is 7.10. The van der Waals surface area contributed by atoms with Gasteiger partial charge in [-0.25, -0.2) is 0 Å². The second-order valence-corrected chi connectivity index (χ2v) is 7.33. The first-order valence-electron chi connectivity index (χ1n) is 8.03. The molecule has 0 aromatic rings. The number of rotatable bonds is 3. The Morgan fingerprint density at radius 3 is 2.21 bits per heavy atom. The number of alkyl halides is 1. The topological polar surface area (TPSA) is 29.1 Å². The van der Waals surface area contributed by atoms with Crippen molar-refractivity contribution in [1.29, 1.82) is 0 Å². The Balaban J connectivity index is 1.91. The van der Waals surface area contributed by atoms with Gasteiger partial charge < -0.3 is 5.32 Å². The molecule has 0 aliphatic heterocycles. The third-order valence-corrected chi connectivity index (χ3v) is 6.17. The third kappa shape index (κ3) is 4.21. The number of amides is 1. The summed E-state index contributed by atoms with van der Waals surface area (Å²) in [6.45, 7) is 2.32. The molecule has 0 heterocycles. The van der Waals surface area contributed by atoms with E-state index in [2.05, 4.69) is 28.2 Å². The molecule has 0 unspecified atom stereocenters. The predicted molar refractivity (Wildman–Crippen MR) is 83.5 cm³/mol. The molecule has 1 amide bonds. The van der Waals surface area contributed by atoms with E-state index in [1.807, 2.05) is 0 Å². The van der Waals surface area contributed by atoms with E-state index in [-0.39, 0.29) is 11.5 Å². The molecular formula is C16H28BrNO. The van der Waals surface area contributed by atoms with Crippen molar-refractivity contribution in [2.75, 3.05) is 5.33 Å². The molecule has 2 aliphatic rings. The fraction of sp³-hybridized carbons (Fsp3) is 0.938. The van der Waals surface area contributed by atoms with E-state index in [1.54, 1.807) is 0 Å². The van der Waals surface area contributed by atoms with Crippen molar-refractivity contribution < 1.29 is 4.79 Å². The van der Waals surface area contributed by atoms with Gasteiger partial charge in [0, 0.05) is 16.8 Å². The first-order valence-corrected chi connectivity index (χ1v) is 9.15. The van der Waals surface area contributed by atoms with Crippen LogP contribution >= 0.6 is 15.9 Å². The van der Waals surface area contributed by atoms with Gasteiger partial charge >= 0.3 is 0 Å². The van der Waals surface area contributed by atoms with Crippen LogP contribution in [0.2, 0.25) is 0 Å². The number of carbonyl (C=O) groups is 1. The van der Waals surface area contributed by atoms with Gasteiger partial charge in [0.1, 0.15) is 0 Å². The lowest BCUT2D eigenvalue weighted by molar-refractivity contribution is -0.127. The molecule has 0 saturated heterocycles. The Morgan fingerprint density at radius 1 is 1.11 bits per heavy atom. The molecule has 110 valence electrons. The molecule has 2 saturated carbocycles. The molecule has 2 fully saturated rings. The zero-order chi connectivity index (χ0) is 13.7. The van der Waals surface area contributed by atoms with Gasteiger partial charge in [0.2, 0.25) is 5.91 Å². The predicted octanol–water partition coefficient (Wildman–Crippen LogP) is 4.42. The van der Waals surface area contributed by atoms with Crippen molar-refractivity contribution in [1.82, 2.24) is 5.32 Å². The number of hydrogen-bond donors (Lipinski definition) is 1. The minimum absolute atomic E-state index is 0.0376. The van der Waals surface area contributed by atoms with Crippen LogP contribution in [-0.4, -0.2) is 16.8 Å². The molecule has 0 radical (unpaired) electrons. The Kier molecular flexibility index (Phi) is 5.73. The average molecular weight is 330 g/mol. The second-order valence-electron chi connectivity index (χ2n) is 6.77. The maximum absolute atomic E-state index is 12.5. The highest BCUT2D eigenvalue weighted by atomic mass is 79.9. The van der Waals surface area contributed by atoms with E-state index in [1.165, 1.54) is 38.5 Å². The van der Waals surface area contributed by atoms with E-state index in [0.717, 1.165) is 36.9 Å². The quantitative estimate of drug-likeness (QED) is 0.602. The van der Waals surface area contributed by atoms with Crippen molar-refractivity contribution >= 4 is 21.8 Å². The number of nitrogens with one attached hydrogen (secondary N) is 1. The lowest BCUT2D eigenvalue weighted by Crippen LogP contribution is -2.53. The van der Waals surface area contributed by atoms with Gasteiger partial charge in [-0.05, 0) is 44.4 Å². The Morgan fingerprint density at radius 2 is 1.68 bits per heavy atom. The summed E-state index contributed by atoms with van der Waals surface area (Å²) in [5, 5.41) is 4.32. The summed E-state index contributed by atoms with van der Waals surface area (Å²) in [6.07, 6.45) is 12.0. The highest BCUT2D eigenvalue weighted by Crippen LogP contribution is 2.34. The Hall–Kier alpha value is -0.0500. The molecule has 0 spiro atoms. The fourth-order valence-corrected chi connectivity index (χ4v) is 4.21. The van der Waals surface area contributed by atoms with Crippen LogP contribution in [-0.2, 0) is 4.79 Å². The average Bonchev–Trinajstić information content (AvgIpc) is 2.71. The SMILES string of the molecule is CC1CCC(CBr)(NC(=O)C2CCCCCC2)CC1. The molecule has 0 bridgehead atoms. The van der Waals surface area contributed by atoms with Gasteiger partial charge in [0.05, 0.1) is 0 Å². The summed E-state index contributed by atoms with van der Waals surface area (Å²) in [7, 11) is 0. The van der Waals surface area contributed by atoms with Gasteiger partial charge in [-0.3, -0.25) is 4.79 Å². The summed E-state index contributed by atoms with van der Waals surface area (Å²) in [6, 6.07) is 0. The smallest absolute Gasteiger partial charge is 0.223 e. The standard InChI is InChI=1S/C16H28BrNO/c1-13-8-10-16(12-17,11-9-13)18-15(19)14-6-4-2-3-5-7-14/h13-14H,2-12H2,1H3,(H,18,19). The zero-order valence-corrected chi connectivity index (χ0v) is 13.8. The van der Waals surface area contributed by atoms with Crippen molar-refractivity contribution in [2.24, 2.45) is 11.8 Å². The van der Waals surface area contributed by atoms with E-state index in [0.29, 0.717) is 5.91 Å². The first kappa shape index (κ1) is 15.3. The van der Waals surface area contributed by atoms with Gasteiger partial charge in [0.25, 0.3) is 0 Å². The van der Waals surface area contributed by atoms with Crippen molar-refractivity contribution in [3.63, 3.8) is 0 Å². The van der Waals surface area contributed by atoms with E-state index >= 15 is 0 Å². The molecule has 2 aliphatic carbocycles. The van der Waals surface area contributed by atoms with Crippen molar-refractivity contribution in [2.45, 2.75) is 76.7 Å². The molecule has 0 aromatic heterocycles. The Labute approximate surface area is 126 Å². The highest BCUT2D eigenvalue weighted by molar-refractivity contribution is 9.09. The normalized spacial score (nSPS) is 33.7. The molecular weight excluding hydrogens is 302 g/mol. The number of halogens is 1. The summed E-state index contributed by atoms with van der Waals surface area (Å²) < 4.78 is 0. The lowest BCUT2D eigenvalue weighted by Gasteiger charge is -2.39. The number of hydrogen-bond acceptors (Lipinski definition) is 1. The third-order valence-electron chi connectivity index (χ3n) is 5.10. The van der Waals surface area contributed by atoms with Crippen LogP contribution in [0.25, 0.3) is 0 Å². The van der Waals surface area contributed by atoms with Crippen LogP contribution in [0, 0.1) is 11.8 Å². The van der Waals surface area contributed by atoms with Crippen LogP contribution in [0.1, 0.15) is 71.1 Å². The molecule has 0 atom stereocenters. The molecule has 1 N–H and O–H groups in total. The van der Waals surface area contributed by atoms with Gasteiger partial charge in [-0.1, -0.05) is 48.5 Å². The van der Waals surface area contributed by atoms with E-state index in [9.17, 15) is 4.79 Å². The summed E-state index contributed by atoms with van der Waals surface area (Å²) in [5.41, 5.74) is 0.0376. The Bertz CT molecular complexity index is 289. The van der Waals surface area contributed by atoms with Gasteiger partial charge in [-0.2, -0.15) is 0 Å². The fourth-order valence-electron chi connectivity index (χ4n) is 3.51. The van der Waals surface area contributed by atoms with Crippen molar-refractivity contribution in [3.8, 4) is 0 Å². The molecule has 2 nitrogen and oxygen atoms in total. The van der Waals surface area contributed by atoms with Crippen LogP contribution < -0.4 is 5.32 Å².